The molecule has 0 fully saturated rings. The summed E-state index contributed by atoms with van der Waals surface area (Å²) < 4.78 is 2.11. The average Bonchev–Trinajstić information content (AvgIpc) is 3.04. The Morgan fingerprint density at radius 1 is 1.04 bits per heavy atom. The van der Waals surface area contributed by atoms with Crippen LogP contribution in [0.3, 0.4) is 0 Å². The predicted molar refractivity (Wildman–Crippen MR) is 104 cm³/mol. The molecule has 0 N–H and O–H groups in total. The number of anilines is 1. The highest BCUT2D eigenvalue weighted by Gasteiger charge is 2.03. The Kier molecular flexibility index (Phi) is 4.72. The second-order valence-electron chi connectivity index (χ2n) is 5.91. The Morgan fingerprint density at radius 2 is 1.79 bits per heavy atom. The van der Waals surface area contributed by atoms with Crippen LogP contribution in [0.1, 0.15) is 11.3 Å². The first kappa shape index (κ1) is 16.3. The first-order valence-electron chi connectivity index (χ1n) is 7.80. The smallest absolute Gasteiger partial charge is 0.0645 e. The highest BCUT2D eigenvalue weighted by Crippen LogP contribution is 2.22. The fourth-order valence-corrected chi connectivity index (χ4v) is 2.62. The predicted octanol–water partition coefficient (Wildman–Crippen LogP) is 5.26. The number of rotatable bonds is 4. The molecule has 0 saturated carbocycles. The Labute approximate surface area is 147 Å². The van der Waals surface area contributed by atoms with Gasteiger partial charge in [0.25, 0.3) is 0 Å². The molecule has 0 unspecified atom stereocenters. The van der Waals surface area contributed by atoms with E-state index >= 15 is 0 Å². The molecule has 0 radical (unpaired) electrons. The Hall–Kier alpha value is -2.52. The normalized spacial score (nSPS) is 11.2. The van der Waals surface area contributed by atoms with Crippen molar-refractivity contribution in [2.75, 3.05) is 19.0 Å². The van der Waals surface area contributed by atoms with Crippen LogP contribution in [-0.4, -0.2) is 24.9 Å². The van der Waals surface area contributed by atoms with Crippen LogP contribution >= 0.6 is 11.6 Å². The number of hydrogen-bond donors (Lipinski definition) is 0. The Morgan fingerprint density at radius 3 is 2.46 bits per heavy atom. The molecule has 1 aromatic heterocycles. The van der Waals surface area contributed by atoms with Crippen molar-refractivity contribution in [3.05, 3.63) is 77.1 Å². The fourth-order valence-electron chi connectivity index (χ4n) is 2.45. The molecule has 3 nitrogen and oxygen atoms in total. The molecule has 4 heteroatoms. The van der Waals surface area contributed by atoms with E-state index in [4.69, 9.17) is 11.6 Å². The van der Waals surface area contributed by atoms with Gasteiger partial charge < -0.3 is 9.47 Å². The van der Waals surface area contributed by atoms with E-state index in [2.05, 4.69) is 38.7 Å². The number of aliphatic imine (C=N–C) groups is 1. The van der Waals surface area contributed by atoms with Crippen molar-refractivity contribution < 1.29 is 0 Å². The number of benzene rings is 2. The Bertz CT molecular complexity index is 861. The summed E-state index contributed by atoms with van der Waals surface area (Å²) in [7, 11) is 4.07. The lowest BCUT2D eigenvalue weighted by Crippen LogP contribution is -2.08. The van der Waals surface area contributed by atoms with E-state index in [9.17, 15) is 0 Å². The van der Waals surface area contributed by atoms with Gasteiger partial charge in [0.1, 0.15) is 0 Å². The molecular formula is C20H20ClN3. The highest BCUT2D eigenvalue weighted by atomic mass is 35.5. The molecule has 3 aromatic rings. The molecule has 24 heavy (non-hydrogen) atoms. The molecule has 122 valence electrons. The van der Waals surface area contributed by atoms with Gasteiger partial charge in [-0.05, 0) is 61.0 Å². The topological polar surface area (TPSA) is 20.5 Å². The quantitative estimate of drug-likeness (QED) is 0.595. The van der Waals surface area contributed by atoms with Gasteiger partial charge in [0.15, 0.2) is 0 Å². The van der Waals surface area contributed by atoms with E-state index in [0.717, 1.165) is 27.7 Å². The molecule has 0 aliphatic heterocycles. The molecule has 2 aromatic carbocycles. The third kappa shape index (κ3) is 3.52. The number of nitrogens with zero attached hydrogens (tertiary/aromatic N) is 3. The number of aryl methyl sites for hydroxylation is 1. The van der Waals surface area contributed by atoms with Crippen molar-refractivity contribution in [3.8, 4) is 5.69 Å². The van der Waals surface area contributed by atoms with Crippen LogP contribution in [0.25, 0.3) is 5.69 Å². The van der Waals surface area contributed by atoms with E-state index in [1.54, 1.807) is 0 Å². The van der Waals surface area contributed by atoms with Crippen molar-refractivity contribution in [2.45, 2.75) is 6.92 Å². The maximum atomic E-state index is 6.16. The van der Waals surface area contributed by atoms with Crippen molar-refractivity contribution >= 4 is 29.2 Å². The largest absolute Gasteiger partial charge is 0.378 e. The molecule has 0 bridgehead atoms. The summed E-state index contributed by atoms with van der Waals surface area (Å²) in [5.41, 5.74) is 5.20. The van der Waals surface area contributed by atoms with Gasteiger partial charge in [-0.15, -0.1) is 0 Å². The minimum atomic E-state index is 0.735. The third-order valence-corrected chi connectivity index (χ3v) is 4.33. The summed E-state index contributed by atoms with van der Waals surface area (Å²) in [6.45, 7) is 1.98. The van der Waals surface area contributed by atoms with Crippen molar-refractivity contribution in [3.63, 3.8) is 0 Å². The summed E-state index contributed by atoms with van der Waals surface area (Å²) in [6, 6.07) is 18.3. The zero-order valence-electron chi connectivity index (χ0n) is 14.1. The summed E-state index contributed by atoms with van der Waals surface area (Å²) in [5, 5.41) is 0.735. The minimum absolute atomic E-state index is 0.735. The van der Waals surface area contributed by atoms with E-state index in [0.29, 0.717) is 0 Å². The lowest BCUT2D eigenvalue weighted by Gasteiger charge is -2.13. The summed E-state index contributed by atoms with van der Waals surface area (Å²) >= 11 is 6.16. The third-order valence-electron chi connectivity index (χ3n) is 3.93. The van der Waals surface area contributed by atoms with Crippen LogP contribution in [-0.2, 0) is 0 Å². The van der Waals surface area contributed by atoms with Gasteiger partial charge in [-0.25, -0.2) is 0 Å². The first-order chi connectivity index (χ1) is 11.5. The van der Waals surface area contributed by atoms with Crippen LogP contribution in [0.5, 0.6) is 0 Å². The van der Waals surface area contributed by atoms with Crippen molar-refractivity contribution in [1.82, 2.24) is 4.57 Å². The van der Waals surface area contributed by atoms with Gasteiger partial charge in [-0.2, -0.15) is 0 Å². The zero-order valence-corrected chi connectivity index (χ0v) is 14.8. The monoisotopic (exact) mass is 337 g/mol. The van der Waals surface area contributed by atoms with Gasteiger partial charge >= 0.3 is 0 Å². The Balaban J connectivity index is 1.87. The van der Waals surface area contributed by atoms with Crippen LogP contribution in [0.15, 0.2) is 65.8 Å². The van der Waals surface area contributed by atoms with E-state index in [1.165, 1.54) is 5.69 Å². The van der Waals surface area contributed by atoms with E-state index in [-0.39, 0.29) is 0 Å². The first-order valence-corrected chi connectivity index (χ1v) is 8.18. The number of hydrogen-bond acceptors (Lipinski definition) is 2. The van der Waals surface area contributed by atoms with Crippen LogP contribution < -0.4 is 4.90 Å². The molecule has 0 atom stereocenters. The van der Waals surface area contributed by atoms with Crippen LogP contribution in [0, 0.1) is 6.92 Å². The lowest BCUT2D eigenvalue weighted by molar-refractivity contribution is 1.06. The summed E-state index contributed by atoms with van der Waals surface area (Å²) in [5.74, 6) is 0. The van der Waals surface area contributed by atoms with E-state index in [1.807, 2.05) is 63.8 Å². The fraction of sp³-hybridized carbons (Fsp3) is 0.150. The molecule has 0 amide bonds. The maximum Gasteiger partial charge on any atom is 0.0645 e. The molecule has 0 aliphatic rings. The summed E-state index contributed by atoms with van der Waals surface area (Å²) in [4.78, 5) is 6.63. The van der Waals surface area contributed by atoms with E-state index < -0.39 is 0 Å². The molecular weight excluding hydrogens is 318 g/mol. The molecule has 0 aliphatic carbocycles. The second-order valence-corrected chi connectivity index (χ2v) is 6.31. The highest BCUT2D eigenvalue weighted by molar-refractivity contribution is 6.31. The molecule has 0 saturated heterocycles. The van der Waals surface area contributed by atoms with Gasteiger partial charge in [-0.1, -0.05) is 17.7 Å². The standard InChI is InChI=1S/C20H20ClN3/c1-15-6-7-16(13-20(15)21)22-14-19-5-4-12-24(19)18-10-8-17(9-11-18)23(2)3/h4-14H,1-3H3. The van der Waals surface area contributed by atoms with Gasteiger partial charge in [-0.3, -0.25) is 4.99 Å². The van der Waals surface area contributed by atoms with Gasteiger partial charge in [0, 0.05) is 36.7 Å². The van der Waals surface area contributed by atoms with Crippen LogP contribution in [0.4, 0.5) is 11.4 Å². The maximum absolute atomic E-state index is 6.16. The average molecular weight is 338 g/mol. The molecule has 1 heterocycles. The lowest BCUT2D eigenvalue weighted by atomic mass is 10.2. The van der Waals surface area contributed by atoms with Crippen molar-refractivity contribution in [2.24, 2.45) is 4.99 Å². The van der Waals surface area contributed by atoms with Crippen molar-refractivity contribution in [1.29, 1.82) is 0 Å². The van der Waals surface area contributed by atoms with Gasteiger partial charge in [0.05, 0.1) is 17.6 Å². The van der Waals surface area contributed by atoms with Crippen LogP contribution in [0.2, 0.25) is 5.02 Å². The minimum Gasteiger partial charge on any atom is -0.378 e. The second kappa shape index (κ2) is 6.93. The number of halogens is 1. The molecule has 0 spiro atoms. The SMILES string of the molecule is Cc1ccc(N=Cc2cccn2-c2ccc(N(C)C)cc2)cc1Cl. The zero-order chi connectivity index (χ0) is 17.1. The van der Waals surface area contributed by atoms with Gasteiger partial charge in [0.2, 0.25) is 0 Å². The summed E-state index contributed by atoms with van der Waals surface area (Å²) in [6.07, 6.45) is 3.90. The molecule has 3 rings (SSSR count). The number of aromatic nitrogens is 1.